The maximum absolute atomic E-state index is 12.0. The van der Waals surface area contributed by atoms with Crippen molar-refractivity contribution in [1.82, 2.24) is 0 Å². The van der Waals surface area contributed by atoms with E-state index in [4.69, 9.17) is 9.84 Å². The SMILES string of the molecule is Cc1ccc(OCCC(F)(F)F)c(C#CCO)c1. The minimum Gasteiger partial charge on any atom is -0.492 e. The average Bonchev–Trinajstić information content (AvgIpc) is 2.27. The molecule has 0 amide bonds. The van der Waals surface area contributed by atoms with Crippen LogP contribution in [-0.2, 0) is 0 Å². The summed E-state index contributed by atoms with van der Waals surface area (Å²) in [6.45, 7) is 1.08. The standard InChI is InChI=1S/C13H13F3O2/c1-10-4-5-12(11(9-10)3-2-7-17)18-8-6-13(14,15)16/h4-5,9,17H,6-8H2,1H3. The van der Waals surface area contributed by atoms with E-state index in [1.54, 1.807) is 18.2 Å². The van der Waals surface area contributed by atoms with Crippen molar-refractivity contribution in [2.75, 3.05) is 13.2 Å². The molecule has 0 aliphatic heterocycles. The Kier molecular flexibility index (Phi) is 5.05. The van der Waals surface area contributed by atoms with Gasteiger partial charge in [-0.1, -0.05) is 17.9 Å². The molecule has 2 nitrogen and oxygen atoms in total. The highest BCUT2D eigenvalue weighted by atomic mass is 19.4. The number of halogens is 3. The first-order valence-corrected chi connectivity index (χ1v) is 5.32. The molecule has 0 spiro atoms. The van der Waals surface area contributed by atoms with Crippen LogP contribution in [0, 0.1) is 18.8 Å². The van der Waals surface area contributed by atoms with E-state index >= 15 is 0 Å². The van der Waals surface area contributed by atoms with Crippen LogP contribution in [0.3, 0.4) is 0 Å². The van der Waals surface area contributed by atoms with Crippen LogP contribution in [0.4, 0.5) is 13.2 Å². The molecular formula is C13H13F3O2. The van der Waals surface area contributed by atoms with Crippen LogP contribution in [0.1, 0.15) is 17.5 Å². The maximum Gasteiger partial charge on any atom is 0.392 e. The summed E-state index contributed by atoms with van der Waals surface area (Å²) in [4.78, 5) is 0. The highest BCUT2D eigenvalue weighted by molar-refractivity contribution is 5.48. The smallest absolute Gasteiger partial charge is 0.392 e. The second kappa shape index (κ2) is 6.31. The van der Waals surface area contributed by atoms with Gasteiger partial charge in [0.15, 0.2) is 0 Å². The Morgan fingerprint density at radius 1 is 1.33 bits per heavy atom. The highest BCUT2D eigenvalue weighted by Crippen LogP contribution is 2.22. The molecule has 0 fully saturated rings. The molecular weight excluding hydrogens is 245 g/mol. The third kappa shape index (κ3) is 5.11. The molecule has 0 radical (unpaired) electrons. The molecule has 0 atom stereocenters. The van der Waals surface area contributed by atoms with E-state index in [1.165, 1.54) is 0 Å². The predicted octanol–water partition coefficient (Wildman–Crippen LogP) is 2.67. The van der Waals surface area contributed by atoms with Crippen molar-refractivity contribution in [3.05, 3.63) is 29.3 Å². The van der Waals surface area contributed by atoms with Crippen LogP contribution >= 0.6 is 0 Å². The fourth-order valence-corrected chi connectivity index (χ4v) is 1.28. The van der Waals surface area contributed by atoms with E-state index in [-0.39, 0.29) is 6.61 Å². The van der Waals surface area contributed by atoms with Crippen molar-refractivity contribution in [2.24, 2.45) is 0 Å². The number of ether oxygens (including phenoxy) is 1. The largest absolute Gasteiger partial charge is 0.492 e. The van der Waals surface area contributed by atoms with E-state index < -0.39 is 19.2 Å². The molecule has 1 aromatic carbocycles. The van der Waals surface area contributed by atoms with Gasteiger partial charge in [-0.25, -0.2) is 0 Å². The zero-order valence-electron chi connectivity index (χ0n) is 9.84. The summed E-state index contributed by atoms with van der Waals surface area (Å²) in [5.74, 6) is 5.38. The van der Waals surface area contributed by atoms with Gasteiger partial charge in [0.1, 0.15) is 12.4 Å². The van der Waals surface area contributed by atoms with Gasteiger partial charge in [-0.2, -0.15) is 13.2 Å². The maximum atomic E-state index is 12.0. The molecule has 0 saturated heterocycles. The molecule has 0 aliphatic rings. The number of alkyl halides is 3. The fraction of sp³-hybridized carbons (Fsp3) is 0.385. The number of aliphatic hydroxyl groups is 1. The van der Waals surface area contributed by atoms with Crippen molar-refractivity contribution < 1.29 is 23.0 Å². The Balaban J connectivity index is 2.75. The average molecular weight is 258 g/mol. The minimum atomic E-state index is -4.23. The Hall–Kier alpha value is -1.67. The van der Waals surface area contributed by atoms with Crippen molar-refractivity contribution in [3.8, 4) is 17.6 Å². The van der Waals surface area contributed by atoms with Crippen molar-refractivity contribution in [1.29, 1.82) is 0 Å². The van der Waals surface area contributed by atoms with Gasteiger partial charge in [0.2, 0.25) is 0 Å². The summed E-state index contributed by atoms with van der Waals surface area (Å²) in [6, 6.07) is 5.01. The van der Waals surface area contributed by atoms with E-state index in [9.17, 15) is 13.2 Å². The summed E-state index contributed by atoms with van der Waals surface area (Å²) < 4.78 is 41.0. The summed E-state index contributed by atoms with van der Waals surface area (Å²) in [7, 11) is 0. The number of rotatable bonds is 3. The highest BCUT2D eigenvalue weighted by Gasteiger charge is 2.26. The van der Waals surface area contributed by atoms with E-state index in [2.05, 4.69) is 11.8 Å². The molecule has 0 bridgehead atoms. The molecule has 0 unspecified atom stereocenters. The zero-order chi connectivity index (χ0) is 13.6. The molecule has 1 N–H and O–H groups in total. The zero-order valence-corrected chi connectivity index (χ0v) is 9.84. The quantitative estimate of drug-likeness (QED) is 0.845. The molecule has 5 heteroatoms. The third-order valence-electron chi connectivity index (χ3n) is 2.08. The number of aliphatic hydroxyl groups excluding tert-OH is 1. The first-order chi connectivity index (χ1) is 8.42. The second-order valence-electron chi connectivity index (χ2n) is 3.67. The van der Waals surface area contributed by atoms with Crippen molar-refractivity contribution in [3.63, 3.8) is 0 Å². The lowest BCUT2D eigenvalue weighted by Gasteiger charge is -2.10. The molecule has 98 valence electrons. The fourth-order valence-electron chi connectivity index (χ4n) is 1.28. The Morgan fingerprint density at radius 2 is 2.06 bits per heavy atom. The molecule has 0 heterocycles. The lowest BCUT2D eigenvalue weighted by molar-refractivity contribution is -0.139. The monoisotopic (exact) mass is 258 g/mol. The van der Waals surface area contributed by atoms with E-state index in [0.29, 0.717) is 11.3 Å². The van der Waals surface area contributed by atoms with Crippen LogP contribution < -0.4 is 4.74 Å². The lowest BCUT2D eigenvalue weighted by Crippen LogP contribution is -2.13. The van der Waals surface area contributed by atoms with Crippen LogP contribution in [0.15, 0.2) is 18.2 Å². The molecule has 0 aliphatic carbocycles. The number of hydrogen-bond donors (Lipinski definition) is 1. The van der Waals surface area contributed by atoms with Crippen molar-refractivity contribution in [2.45, 2.75) is 19.5 Å². The Bertz CT molecular complexity index is 456. The number of aryl methyl sites for hydroxylation is 1. The van der Waals surface area contributed by atoms with Crippen LogP contribution in [0.5, 0.6) is 5.75 Å². The van der Waals surface area contributed by atoms with Gasteiger partial charge in [-0.15, -0.1) is 0 Å². The van der Waals surface area contributed by atoms with Gasteiger partial charge < -0.3 is 9.84 Å². The van der Waals surface area contributed by atoms with E-state index in [0.717, 1.165) is 5.56 Å². The molecule has 1 aromatic rings. The normalized spacial score (nSPS) is 10.7. The number of hydrogen-bond acceptors (Lipinski definition) is 2. The van der Waals surface area contributed by atoms with Gasteiger partial charge in [0.05, 0.1) is 18.6 Å². The van der Waals surface area contributed by atoms with Crippen molar-refractivity contribution >= 4 is 0 Å². The molecule has 0 aromatic heterocycles. The summed E-state index contributed by atoms with van der Waals surface area (Å²) in [5, 5.41) is 8.61. The van der Waals surface area contributed by atoms with Gasteiger partial charge >= 0.3 is 6.18 Å². The molecule has 18 heavy (non-hydrogen) atoms. The topological polar surface area (TPSA) is 29.5 Å². The summed E-state index contributed by atoms with van der Waals surface area (Å²) in [6.07, 6.45) is -5.24. The second-order valence-corrected chi connectivity index (χ2v) is 3.67. The minimum absolute atomic E-state index is 0.297. The number of benzene rings is 1. The predicted molar refractivity (Wildman–Crippen MR) is 61.3 cm³/mol. The van der Waals surface area contributed by atoms with E-state index in [1.807, 2.05) is 6.92 Å². The lowest BCUT2D eigenvalue weighted by atomic mass is 10.1. The summed E-state index contributed by atoms with van der Waals surface area (Å²) >= 11 is 0. The van der Waals surface area contributed by atoms with Crippen LogP contribution in [0.2, 0.25) is 0 Å². The summed E-state index contributed by atoms with van der Waals surface area (Å²) in [5.41, 5.74) is 1.40. The molecule has 1 rings (SSSR count). The van der Waals surface area contributed by atoms with Gasteiger partial charge in [-0.05, 0) is 24.6 Å². The Labute approximate surface area is 103 Å². The van der Waals surface area contributed by atoms with Gasteiger partial charge in [-0.3, -0.25) is 0 Å². The van der Waals surface area contributed by atoms with Gasteiger partial charge in [0.25, 0.3) is 0 Å². The first kappa shape index (κ1) is 14.4. The first-order valence-electron chi connectivity index (χ1n) is 5.32. The van der Waals surface area contributed by atoms with Gasteiger partial charge in [0, 0.05) is 0 Å². The third-order valence-corrected chi connectivity index (χ3v) is 2.08. The molecule has 0 saturated carbocycles. The Morgan fingerprint density at radius 3 is 2.67 bits per heavy atom. The van der Waals surface area contributed by atoms with Crippen LogP contribution in [0.25, 0.3) is 0 Å². The van der Waals surface area contributed by atoms with Crippen LogP contribution in [-0.4, -0.2) is 24.5 Å².